The molecule has 1 aromatic carbocycles. The number of aldehydes is 1. The van der Waals surface area contributed by atoms with Crippen LogP contribution < -0.4 is 5.73 Å². The molecule has 3 nitrogen and oxygen atoms in total. The summed E-state index contributed by atoms with van der Waals surface area (Å²) in [6.45, 7) is 2.00. The maximum Gasteiger partial charge on any atom is 0.152 e. The second kappa shape index (κ2) is 5.17. The Bertz CT molecular complexity index is 235. The van der Waals surface area contributed by atoms with Gasteiger partial charge in [0.2, 0.25) is 0 Å². The van der Waals surface area contributed by atoms with Gasteiger partial charge in [0.15, 0.2) is 6.29 Å². The summed E-state index contributed by atoms with van der Waals surface area (Å²) in [6.07, 6.45) is 0.745. The predicted octanol–water partition coefficient (Wildman–Crippen LogP) is 0.896. The Kier molecular flexibility index (Phi) is 4.40. The fourth-order valence-electron chi connectivity index (χ4n) is 0.618. The highest BCUT2D eigenvalue weighted by molar-refractivity contribution is 5.82. The second-order valence-electron chi connectivity index (χ2n) is 1.75. The van der Waals surface area contributed by atoms with Crippen molar-refractivity contribution in [2.45, 2.75) is 0 Å². The van der Waals surface area contributed by atoms with Crippen LogP contribution in [-0.2, 0) is 4.79 Å². The van der Waals surface area contributed by atoms with Crippen LogP contribution in [0.2, 0.25) is 0 Å². The standard InChI is InChI=1S/C7H7NO.CH2O/c8-7-4-2-1-3-6(7)5-9;1-2/h1-5H,8H2;1H2. The van der Waals surface area contributed by atoms with Crippen molar-refractivity contribution in [1.29, 1.82) is 0 Å². The maximum atomic E-state index is 10.1. The number of rotatable bonds is 1. The Balaban J connectivity index is 0.000000461. The van der Waals surface area contributed by atoms with Gasteiger partial charge in [0.25, 0.3) is 0 Å². The average molecular weight is 151 g/mol. The third-order valence-electron chi connectivity index (χ3n) is 1.12. The molecule has 0 aliphatic rings. The van der Waals surface area contributed by atoms with Gasteiger partial charge in [0.1, 0.15) is 6.79 Å². The highest BCUT2D eigenvalue weighted by Gasteiger charge is 1.90. The number of anilines is 1. The molecule has 0 saturated heterocycles. The lowest BCUT2D eigenvalue weighted by molar-refractivity contribution is -0.0979. The number of carbonyl (C=O) groups excluding carboxylic acids is 2. The van der Waals surface area contributed by atoms with Gasteiger partial charge in [-0.05, 0) is 12.1 Å². The van der Waals surface area contributed by atoms with Gasteiger partial charge in [-0.3, -0.25) is 4.79 Å². The summed E-state index contributed by atoms with van der Waals surface area (Å²) < 4.78 is 0. The Morgan fingerprint density at radius 2 is 1.82 bits per heavy atom. The van der Waals surface area contributed by atoms with Gasteiger partial charge in [-0.25, -0.2) is 0 Å². The summed E-state index contributed by atoms with van der Waals surface area (Å²) in [7, 11) is 0. The summed E-state index contributed by atoms with van der Waals surface area (Å²) in [6, 6.07) is 6.95. The molecule has 0 aliphatic heterocycles. The third kappa shape index (κ3) is 2.62. The zero-order valence-corrected chi connectivity index (χ0v) is 5.99. The van der Waals surface area contributed by atoms with E-state index in [4.69, 9.17) is 10.5 Å². The van der Waals surface area contributed by atoms with E-state index in [1.54, 1.807) is 24.3 Å². The molecule has 0 heterocycles. The molecule has 3 heteroatoms. The van der Waals surface area contributed by atoms with Crippen molar-refractivity contribution < 1.29 is 9.59 Å². The number of carbonyl (C=O) groups is 2. The van der Waals surface area contributed by atoms with E-state index in [-0.39, 0.29) is 0 Å². The first-order valence-corrected chi connectivity index (χ1v) is 2.93. The fourth-order valence-corrected chi connectivity index (χ4v) is 0.618. The molecular weight excluding hydrogens is 142 g/mol. The minimum atomic E-state index is 0.535. The summed E-state index contributed by atoms with van der Waals surface area (Å²) >= 11 is 0. The van der Waals surface area contributed by atoms with Gasteiger partial charge in [-0.1, -0.05) is 12.1 Å². The molecule has 1 rings (SSSR count). The van der Waals surface area contributed by atoms with Gasteiger partial charge in [-0.2, -0.15) is 0 Å². The number of para-hydroxylation sites is 1. The molecule has 0 bridgehead atoms. The Morgan fingerprint density at radius 3 is 2.18 bits per heavy atom. The Labute approximate surface area is 64.8 Å². The van der Waals surface area contributed by atoms with E-state index in [2.05, 4.69) is 0 Å². The lowest BCUT2D eigenvalue weighted by Gasteiger charge is -1.92. The quantitative estimate of drug-likeness (QED) is 0.479. The molecule has 0 spiro atoms. The van der Waals surface area contributed by atoms with Crippen molar-refractivity contribution in [3.8, 4) is 0 Å². The van der Waals surface area contributed by atoms with E-state index in [1.165, 1.54) is 0 Å². The minimum Gasteiger partial charge on any atom is -0.398 e. The summed E-state index contributed by atoms with van der Waals surface area (Å²) in [5, 5.41) is 0. The van der Waals surface area contributed by atoms with Crippen LogP contribution in [0.15, 0.2) is 24.3 Å². The van der Waals surface area contributed by atoms with Crippen LogP contribution in [0.25, 0.3) is 0 Å². The SMILES string of the molecule is C=O.Nc1ccccc1C=O. The van der Waals surface area contributed by atoms with Crippen LogP contribution in [-0.4, -0.2) is 13.1 Å². The smallest absolute Gasteiger partial charge is 0.152 e. The van der Waals surface area contributed by atoms with Crippen LogP contribution in [0.3, 0.4) is 0 Å². The van der Waals surface area contributed by atoms with E-state index in [1.807, 2.05) is 6.79 Å². The van der Waals surface area contributed by atoms with Crippen molar-refractivity contribution >= 4 is 18.8 Å². The lowest BCUT2D eigenvalue weighted by atomic mass is 10.2. The minimum absolute atomic E-state index is 0.535. The van der Waals surface area contributed by atoms with Gasteiger partial charge < -0.3 is 10.5 Å². The van der Waals surface area contributed by atoms with Crippen molar-refractivity contribution in [2.75, 3.05) is 5.73 Å². The van der Waals surface area contributed by atoms with Crippen molar-refractivity contribution in [3.63, 3.8) is 0 Å². The van der Waals surface area contributed by atoms with Crippen LogP contribution in [0.1, 0.15) is 10.4 Å². The largest absolute Gasteiger partial charge is 0.398 e. The molecule has 0 unspecified atom stereocenters. The van der Waals surface area contributed by atoms with Gasteiger partial charge in [-0.15, -0.1) is 0 Å². The molecule has 0 amide bonds. The number of hydrogen-bond acceptors (Lipinski definition) is 3. The summed E-state index contributed by atoms with van der Waals surface area (Å²) in [5.41, 5.74) is 6.49. The molecule has 0 fully saturated rings. The van der Waals surface area contributed by atoms with E-state index >= 15 is 0 Å². The first-order valence-electron chi connectivity index (χ1n) is 2.93. The highest BCUT2D eigenvalue weighted by atomic mass is 16.1. The molecular formula is C8H9NO2. The molecule has 58 valence electrons. The van der Waals surface area contributed by atoms with Gasteiger partial charge in [0, 0.05) is 11.3 Å². The molecule has 1 aromatic rings. The van der Waals surface area contributed by atoms with Crippen molar-refractivity contribution in [3.05, 3.63) is 29.8 Å². The molecule has 0 radical (unpaired) electrons. The topological polar surface area (TPSA) is 60.2 Å². The lowest BCUT2D eigenvalue weighted by Crippen LogP contribution is -1.90. The number of hydrogen-bond donors (Lipinski definition) is 1. The zero-order valence-electron chi connectivity index (χ0n) is 5.99. The first-order chi connectivity index (χ1) is 5.34. The number of nitrogens with two attached hydrogens (primary N) is 1. The van der Waals surface area contributed by atoms with E-state index in [0.717, 1.165) is 6.29 Å². The van der Waals surface area contributed by atoms with Crippen LogP contribution in [0.4, 0.5) is 5.69 Å². The van der Waals surface area contributed by atoms with Gasteiger partial charge >= 0.3 is 0 Å². The molecule has 0 saturated carbocycles. The normalized spacial score (nSPS) is 7.64. The summed E-state index contributed by atoms with van der Waals surface area (Å²) in [4.78, 5) is 18.1. The van der Waals surface area contributed by atoms with Crippen molar-refractivity contribution in [2.24, 2.45) is 0 Å². The number of nitrogen functional groups attached to an aromatic ring is 1. The van der Waals surface area contributed by atoms with E-state index in [9.17, 15) is 4.79 Å². The fraction of sp³-hybridized carbons (Fsp3) is 0. The first kappa shape index (κ1) is 9.36. The van der Waals surface area contributed by atoms with E-state index in [0.29, 0.717) is 11.3 Å². The monoisotopic (exact) mass is 151 g/mol. The Hall–Kier alpha value is -1.64. The highest BCUT2D eigenvalue weighted by Crippen LogP contribution is 2.05. The molecule has 0 aliphatic carbocycles. The zero-order chi connectivity index (χ0) is 8.69. The summed E-state index contributed by atoms with van der Waals surface area (Å²) in [5.74, 6) is 0. The van der Waals surface area contributed by atoms with E-state index < -0.39 is 0 Å². The molecule has 0 atom stereocenters. The maximum absolute atomic E-state index is 10.1. The van der Waals surface area contributed by atoms with Crippen LogP contribution >= 0.6 is 0 Å². The van der Waals surface area contributed by atoms with Crippen molar-refractivity contribution in [1.82, 2.24) is 0 Å². The molecule has 11 heavy (non-hydrogen) atoms. The number of benzene rings is 1. The van der Waals surface area contributed by atoms with Crippen LogP contribution in [0.5, 0.6) is 0 Å². The van der Waals surface area contributed by atoms with Crippen LogP contribution in [0, 0.1) is 0 Å². The second-order valence-corrected chi connectivity index (χ2v) is 1.75. The molecule has 2 N–H and O–H groups in total. The molecule has 0 aromatic heterocycles. The third-order valence-corrected chi connectivity index (χ3v) is 1.12. The Morgan fingerprint density at radius 1 is 1.27 bits per heavy atom. The average Bonchev–Trinajstić information content (AvgIpc) is 2.09. The predicted molar refractivity (Wildman–Crippen MR) is 43.4 cm³/mol. The van der Waals surface area contributed by atoms with Gasteiger partial charge in [0.05, 0.1) is 0 Å².